The van der Waals surface area contributed by atoms with Crippen molar-refractivity contribution >= 4 is 17.6 Å². The molecule has 0 bridgehead atoms. The van der Waals surface area contributed by atoms with Crippen LogP contribution in [0.2, 0.25) is 0 Å². The van der Waals surface area contributed by atoms with E-state index in [0.717, 1.165) is 11.3 Å². The molecule has 5 heteroatoms. The third-order valence-corrected chi connectivity index (χ3v) is 3.96. The Hall–Kier alpha value is -2.82. The lowest BCUT2D eigenvalue weighted by atomic mass is 9.84. The van der Waals surface area contributed by atoms with Gasteiger partial charge in [0, 0.05) is 18.2 Å². The molecule has 2 rings (SSSR count). The maximum atomic E-state index is 12.9. The Bertz CT molecular complexity index is 723. The number of rotatable bonds is 7. The average molecular weight is 341 g/mol. The van der Waals surface area contributed by atoms with E-state index in [4.69, 9.17) is 9.84 Å². The van der Waals surface area contributed by atoms with Crippen LogP contribution in [-0.4, -0.2) is 30.6 Å². The third kappa shape index (κ3) is 5.08. The van der Waals surface area contributed by atoms with Gasteiger partial charge in [0.1, 0.15) is 5.75 Å². The van der Waals surface area contributed by atoms with Crippen molar-refractivity contribution in [2.45, 2.75) is 20.3 Å². The summed E-state index contributed by atoms with van der Waals surface area (Å²) >= 11 is 0. The Balaban J connectivity index is 2.06. The van der Waals surface area contributed by atoms with Crippen LogP contribution in [0.25, 0.3) is 0 Å². The van der Waals surface area contributed by atoms with Gasteiger partial charge in [-0.1, -0.05) is 44.2 Å². The number of aliphatic carboxylic acids is 1. The Morgan fingerprint density at radius 3 is 2.20 bits per heavy atom. The van der Waals surface area contributed by atoms with Crippen molar-refractivity contribution in [1.29, 1.82) is 0 Å². The van der Waals surface area contributed by atoms with Gasteiger partial charge in [-0.25, -0.2) is 4.79 Å². The van der Waals surface area contributed by atoms with E-state index in [0.29, 0.717) is 12.2 Å². The van der Waals surface area contributed by atoms with Gasteiger partial charge >= 0.3 is 5.97 Å². The number of hydrogen-bond donors (Lipinski definition) is 1. The quantitative estimate of drug-likeness (QED) is 0.838. The lowest BCUT2D eigenvalue weighted by Crippen LogP contribution is -2.39. The summed E-state index contributed by atoms with van der Waals surface area (Å²) in [7, 11) is 1.74. The van der Waals surface area contributed by atoms with Crippen molar-refractivity contribution < 1.29 is 19.4 Å². The van der Waals surface area contributed by atoms with Gasteiger partial charge < -0.3 is 14.7 Å². The number of carboxylic acids is 1. The summed E-state index contributed by atoms with van der Waals surface area (Å²) in [5.74, 6) is -0.565. The number of benzene rings is 2. The number of carbonyl (C=O) groups excluding carboxylic acids is 1. The standard InChI is InChI=1S/C20H23NO4/c1-20(2,13-15-7-5-4-6-8-15)19(24)21(3)16-9-11-17(12-10-16)25-14-18(22)23/h4-12H,13-14H2,1-3H3,(H,22,23). The molecule has 0 atom stereocenters. The number of hydrogen-bond acceptors (Lipinski definition) is 3. The first-order chi connectivity index (χ1) is 11.8. The SMILES string of the molecule is CN(C(=O)C(C)(C)Cc1ccccc1)c1ccc(OCC(=O)O)cc1. The van der Waals surface area contributed by atoms with Gasteiger partial charge in [0.25, 0.3) is 0 Å². The highest BCUT2D eigenvalue weighted by Crippen LogP contribution is 2.28. The van der Waals surface area contributed by atoms with Crippen LogP contribution in [0.5, 0.6) is 5.75 Å². The van der Waals surface area contributed by atoms with E-state index in [9.17, 15) is 9.59 Å². The molecule has 132 valence electrons. The van der Waals surface area contributed by atoms with Crippen LogP contribution < -0.4 is 9.64 Å². The predicted octanol–water partition coefficient (Wildman–Crippen LogP) is 3.38. The molecule has 0 aromatic heterocycles. The zero-order chi connectivity index (χ0) is 18.4. The molecule has 0 aliphatic heterocycles. The Morgan fingerprint density at radius 1 is 1.04 bits per heavy atom. The summed E-state index contributed by atoms with van der Waals surface area (Å²) in [4.78, 5) is 25.0. The fourth-order valence-electron chi connectivity index (χ4n) is 2.66. The van der Waals surface area contributed by atoms with Crippen molar-refractivity contribution in [3.05, 3.63) is 60.2 Å². The van der Waals surface area contributed by atoms with Crippen molar-refractivity contribution in [1.82, 2.24) is 0 Å². The van der Waals surface area contributed by atoms with Crippen molar-refractivity contribution in [2.24, 2.45) is 5.41 Å². The van der Waals surface area contributed by atoms with Crippen LogP contribution in [0.3, 0.4) is 0 Å². The van der Waals surface area contributed by atoms with E-state index in [2.05, 4.69) is 0 Å². The van der Waals surface area contributed by atoms with Crippen molar-refractivity contribution in [2.75, 3.05) is 18.6 Å². The number of carboxylic acid groups (broad SMARTS) is 1. The van der Waals surface area contributed by atoms with Gasteiger partial charge in [0.2, 0.25) is 5.91 Å². The molecule has 1 amide bonds. The number of anilines is 1. The molecule has 5 nitrogen and oxygen atoms in total. The average Bonchev–Trinajstić information content (AvgIpc) is 2.59. The first-order valence-electron chi connectivity index (χ1n) is 8.06. The molecule has 0 aliphatic carbocycles. The van der Waals surface area contributed by atoms with E-state index < -0.39 is 18.0 Å². The Labute approximate surface area is 147 Å². The van der Waals surface area contributed by atoms with Crippen LogP contribution in [0.4, 0.5) is 5.69 Å². The largest absolute Gasteiger partial charge is 0.482 e. The molecule has 0 fully saturated rings. The van der Waals surface area contributed by atoms with E-state index >= 15 is 0 Å². The minimum atomic E-state index is -1.03. The zero-order valence-electron chi connectivity index (χ0n) is 14.7. The molecule has 0 heterocycles. The van der Waals surface area contributed by atoms with Gasteiger partial charge in [-0.05, 0) is 36.2 Å². The van der Waals surface area contributed by atoms with Crippen LogP contribution >= 0.6 is 0 Å². The van der Waals surface area contributed by atoms with Gasteiger partial charge in [-0.2, -0.15) is 0 Å². The van der Waals surface area contributed by atoms with Crippen molar-refractivity contribution in [3.63, 3.8) is 0 Å². The lowest BCUT2D eigenvalue weighted by Gasteiger charge is -2.29. The topological polar surface area (TPSA) is 66.8 Å². The molecule has 0 saturated carbocycles. The maximum Gasteiger partial charge on any atom is 0.341 e. The molecule has 0 unspecified atom stereocenters. The van der Waals surface area contributed by atoms with E-state index in [1.807, 2.05) is 44.2 Å². The lowest BCUT2D eigenvalue weighted by molar-refractivity contribution is -0.139. The van der Waals surface area contributed by atoms with Gasteiger partial charge in [-0.3, -0.25) is 4.79 Å². The molecule has 2 aromatic rings. The normalized spacial score (nSPS) is 11.0. The minimum Gasteiger partial charge on any atom is -0.482 e. The summed E-state index contributed by atoms with van der Waals surface area (Å²) in [6.07, 6.45) is 0.650. The Morgan fingerprint density at radius 2 is 1.64 bits per heavy atom. The summed E-state index contributed by atoms with van der Waals surface area (Å²) in [5.41, 5.74) is 1.30. The number of carbonyl (C=O) groups is 2. The summed E-state index contributed by atoms with van der Waals surface area (Å²) in [5, 5.41) is 8.62. The molecular formula is C20H23NO4. The first kappa shape index (κ1) is 18.5. The third-order valence-electron chi connectivity index (χ3n) is 3.96. The molecule has 0 saturated heterocycles. The van der Waals surface area contributed by atoms with Gasteiger partial charge in [0.15, 0.2) is 6.61 Å². The summed E-state index contributed by atoms with van der Waals surface area (Å²) < 4.78 is 5.11. The van der Waals surface area contributed by atoms with Gasteiger partial charge in [0.05, 0.1) is 0 Å². The number of ether oxygens (including phenoxy) is 1. The van der Waals surface area contributed by atoms with Crippen LogP contribution in [0, 0.1) is 5.41 Å². The second-order valence-corrected chi connectivity index (χ2v) is 6.59. The second-order valence-electron chi connectivity index (χ2n) is 6.59. The molecule has 0 aliphatic rings. The highest BCUT2D eigenvalue weighted by molar-refractivity contribution is 5.96. The highest BCUT2D eigenvalue weighted by Gasteiger charge is 2.31. The maximum absolute atomic E-state index is 12.9. The summed E-state index contributed by atoms with van der Waals surface area (Å²) in [6, 6.07) is 16.7. The fourth-order valence-corrected chi connectivity index (χ4v) is 2.66. The van der Waals surface area contributed by atoms with Crippen molar-refractivity contribution in [3.8, 4) is 5.75 Å². The predicted molar refractivity (Wildman–Crippen MR) is 96.9 cm³/mol. The minimum absolute atomic E-state index is 0.00978. The number of nitrogens with zero attached hydrogens (tertiary/aromatic N) is 1. The van der Waals surface area contributed by atoms with E-state index in [1.165, 1.54) is 0 Å². The smallest absolute Gasteiger partial charge is 0.341 e. The first-order valence-corrected chi connectivity index (χ1v) is 8.06. The van der Waals surface area contributed by atoms with Crippen LogP contribution in [0.1, 0.15) is 19.4 Å². The molecule has 25 heavy (non-hydrogen) atoms. The second kappa shape index (κ2) is 7.83. The molecule has 0 spiro atoms. The van der Waals surface area contributed by atoms with Crippen LogP contribution in [-0.2, 0) is 16.0 Å². The molecule has 0 radical (unpaired) electrons. The highest BCUT2D eigenvalue weighted by atomic mass is 16.5. The zero-order valence-corrected chi connectivity index (χ0v) is 14.7. The molecular weight excluding hydrogens is 318 g/mol. The van der Waals surface area contributed by atoms with E-state index in [1.54, 1.807) is 36.2 Å². The summed E-state index contributed by atoms with van der Waals surface area (Å²) in [6.45, 7) is 3.48. The number of amides is 1. The monoisotopic (exact) mass is 341 g/mol. The van der Waals surface area contributed by atoms with Gasteiger partial charge in [-0.15, -0.1) is 0 Å². The van der Waals surface area contributed by atoms with Crippen LogP contribution in [0.15, 0.2) is 54.6 Å². The molecule has 1 N–H and O–H groups in total. The Kier molecular flexibility index (Phi) is 5.80. The fraction of sp³-hybridized carbons (Fsp3) is 0.300. The molecule has 2 aromatic carbocycles. The van der Waals surface area contributed by atoms with E-state index in [-0.39, 0.29) is 5.91 Å².